The maximum absolute atomic E-state index is 12.3. The summed E-state index contributed by atoms with van der Waals surface area (Å²) in [7, 11) is 3.06. The quantitative estimate of drug-likeness (QED) is 0.810. The summed E-state index contributed by atoms with van der Waals surface area (Å²) in [6.45, 7) is 0. The van der Waals surface area contributed by atoms with Crippen molar-refractivity contribution in [2.75, 3.05) is 19.5 Å². The number of nitrogens with one attached hydrogen (secondary N) is 2. The molecule has 0 aromatic heterocycles. The summed E-state index contributed by atoms with van der Waals surface area (Å²) in [6.07, 6.45) is -0.426. The molecule has 1 aliphatic heterocycles. The van der Waals surface area contributed by atoms with E-state index in [2.05, 4.69) is 10.6 Å². The van der Waals surface area contributed by atoms with Crippen LogP contribution in [0, 0.1) is 0 Å². The van der Waals surface area contributed by atoms with E-state index in [9.17, 15) is 9.90 Å². The van der Waals surface area contributed by atoms with Crippen molar-refractivity contribution in [3.05, 3.63) is 47.5 Å². The topological polar surface area (TPSA) is 79.8 Å². The Morgan fingerprint density at radius 3 is 2.45 bits per heavy atom. The lowest BCUT2D eigenvalue weighted by Gasteiger charge is -2.29. The van der Waals surface area contributed by atoms with Crippen molar-refractivity contribution in [3.8, 4) is 17.2 Å². The number of anilines is 1. The van der Waals surface area contributed by atoms with Crippen LogP contribution in [-0.2, 0) is 0 Å². The lowest BCUT2D eigenvalue weighted by molar-refractivity contribution is 0.0935. The van der Waals surface area contributed by atoms with Crippen LogP contribution < -0.4 is 20.1 Å². The summed E-state index contributed by atoms with van der Waals surface area (Å²) in [4.78, 5) is 12.3. The molecule has 1 amide bonds. The predicted octanol–water partition coefficient (Wildman–Crippen LogP) is 2.26. The molecule has 2 aromatic carbocycles. The Bertz CT molecular complexity index is 730. The van der Waals surface area contributed by atoms with E-state index in [1.807, 2.05) is 6.07 Å². The van der Waals surface area contributed by atoms with Crippen molar-refractivity contribution in [1.29, 1.82) is 0 Å². The van der Waals surface area contributed by atoms with Gasteiger partial charge in [-0.2, -0.15) is 0 Å². The second-order valence-corrected chi connectivity index (χ2v) is 4.90. The van der Waals surface area contributed by atoms with Crippen LogP contribution >= 0.6 is 0 Å². The van der Waals surface area contributed by atoms with E-state index in [4.69, 9.17) is 9.47 Å². The summed E-state index contributed by atoms with van der Waals surface area (Å²) in [5, 5.41) is 15.6. The molecule has 1 atom stereocenters. The Labute approximate surface area is 127 Å². The molecule has 114 valence electrons. The molecule has 0 saturated carbocycles. The average Bonchev–Trinajstić information content (AvgIpc) is 2.53. The second-order valence-electron chi connectivity index (χ2n) is 4.90. The van der Waals surface area contributed by atoms with Crippen molar-refractivity contribution >= 4 is 11.6 Å². The average molecular weight is 300 g/mol. The summed E-state index contributed by atoms with van der Waals surface area (Å²) in [6, 6.07) is 10.1. The van der Waals surface area contributed by atoms with Gasteiger partial charge in [-0.3, -0.25) is 4.79 Å². The van der Waals surface area contributed by atoms with Crippen molar-refractivity contribution < 1.29 is 19.4 Å². The van der Waals surface area contributed by atoms with E-state index in [0.29, 0.717) is 22.7 Å². The molecule has 3 rings (SSSR count). The number of methoxy groups -OCH3 is 2. The first-order valence-electron chi connectivity index (χ1n) is 6.74. The molecule has 2 aromatic rings. The largest absolute Gasteiger partial charge is 0.508 e. The van der Waals surface area contributed by atoms with Crippen LogP contribution in [-0.4, -0.2) is 25.2 Å². The van der Waals surface area contributed by atoms with E-state index >= 15 is 0 Å². The van der Waals surface area contributed by atoms with E-state index < -0.39 is 6.17 Å². The molecule has 0 radical (unpaired) electrons. The first-order valence-corrected chi connectivity index (χ1v) is 6.74. The molecule has 0 saturated heterocycles. The summed E-state index contributed by atoms with van der Waals surface area (Å²) < 4.78 is 10.5. The number of carbonyl (C=O) groups excluding carboxylic acids is 1. The number of hydrogen-bond acceptors (Lipinski definition) is 5. The number of phenols is 1. The number of aromatic hydroxyl groups is 1. The minimum Gasteiger partial charge on any atom is -0.508 e. The van der Waals surface area contributed by atoms with Gasteiger partial charge in [-0.1, -0.05) is 12.1 Å². The Kier molecular flexibility index (Phi) is 3.50. The fraction of sp³-hybridized carbons (Fsp3) is 0.188. The van der Waals surface area contributed by atoms with E-state index in [1.165, 1.54) is 7.11 Å². The Morgan fingerprint density at radius 2 is 1.77 bits per heavy atom. The summed E-state index contributed by atoms with van der Waals surface area (Å²) >= 11 is 0. The highest BCUT2D eigenvalue weighted by Gasteiger charge is 2.26. The zero-order chi connectivity index (χ0) is 15.7. The molecule has 0 bridgehead atoms. The molecule has 0 fully saturated rings. The van der Waals surface area contributed by atoms with Gasteiger partial charge >= 0.3 is 0 Å². The minimum atomic E-state index is -0.426. The van der Waals surface area contributed by atoms with Gasteiger partial charge in [0.25, 0.3) is 5.91 Å². The fourth-order valence-corrected chi connectivity index (χ4v) is 2.46. The molecule has 0 unspecified atom stereocenters. The smallest absolute Gasteiger partial charge is 0.255 e. The molecule has 6 heteroatoms. The van der Waals surface area contributed by atoms with Crippen LogP contribution in [0.2, 0.25) is 0 Å². The number of ether oxygens (including phenoxy) is 2. The van der Waals surface area contributed by atoms with Crippen molar-refractivity contribution in [2.24, 2.45) is 0 Å². The summed E-state index contributed by atoms with van der Waals surface area (Å²) in [5.41, 5.74) is 1.89. The van der Waals surface area contributed by atoms with Crippen molar-refractivity contribution in [1.82, 2.24) is 5.32 Å². The van der Waals surface area contributed by atoms with Gasteiger partial charge in [-0.25, -0.2) is 0 Å². The van der Waals surface area contributed by atoms with Gasteiger partial charge in [0, 0.05) is 6.07 Å². The number of rotatable bonds is 3. The van der Waals surface area contributed by atoms with Gasteiger partial charge in [0.05, 0.1) is 25.5 Å². The van der Waals surface area contributed by atoms with E-state index in [0.717, 1.165) is 5.56 Å². The van der Waals surface area contributed by atoms with E-state index in [-0.39, 0.29) is 11.7 Å². The van der Waals surface area contributed by atoms with Gasteiger partial charge in [-0.15, -0.1) is 0 Å². The number of carbonyl (C=O) groups is 1. The van der Waals surface area contributed by atoms with Crippen LogP contribution in [0.5, 0.6) is 17.2 Å². The van der Waals surface area contributed by atoms with Crippen molar-refractivity contribution in [2.45, 2.75) is 6.17 Å². The third-order valence-electron chi connectivity index (χ3n) is 3.55. The zero-order valence-electron chi connectivity index (χ0n) is 12.2. The normalized spacial score (nSPS) is 16.3. The number of hydrogen-bond donors (Lipinski definition) is 3. The van der Waals surface area contributed by atoms with Gasteiger partial charge in [0.2, 0.25) is 0 Å². The second kappa shape index (κ2) is 5.48. The molecule has 3 N–H and O–H groups in total. The zero-order valence-corrected chi connectivity index (χ0v) is 12.2. The maximum atomic E-state index is 12.3. The maximum Gasteiger partial charge on any atom is 0.255 e. The molecule has 1 aliphatic rings. The molecular formula is C16H16N2O4. The van der Waals surface area contributed by atoms with E-state index in [1.54, 1.807) is 37.4 Å². The molecule has 22 heavy (non-hydrogen) atoms. The van der Waals surface area contributed by atoms with Gasteiger partial charge in [0.15, 0.2) is 11.5 Å². The summed E-state index contributed by atoms with van der Waals surface area (Å²) in [5.74, 6) is 0.960. The number of fused-ring (bicyclic) bond motifs is 1. The molecule has 6 nitrogen and oxygen atoms in total. The minimum absolute atomic E-state index is 0.145. The van der Waals surface area contributed by atoms with Crippen LogP contribution in [0.4, 0.5) is 5.69 Å². The Hall–Kier alpha value is -2.89. The van der Waals surface area contributed by atoms with Gasteiger partial charge in [-0.05, 0) is 23.8 Å². The SMILES string of the molecule is COc1cc2c(cc1OC)C(=O)N[C@H](c1cccc(O)c1)N2. The Balaban J connectivity index is 2.00. The van der Waals surface area contributed by atoms with Gasteiger partial charge in [0.1, 0.15) is 11.9 Å². The highest BCUT2D eigenvalue weighted by atomic mass is 16.5. The number of phenolic OH excluding ortho intramolecular Hbond substituents is 1. The van der Waals surface area contributed by atoms with Crippen LogP contribution in [0.15, 0.2) is 36.4 Å². The molecule has 0 aliphatic carbocycles. The van der Waals surface area contributed by atoms with Crippen LogP contribution in [0.3, 0.4) is 0 Å². The van der Waals surface area contributed by atoms with Crippen LogP contribution in [0.25, 0.3) is 0 Å². The lowest BCUT2D eigenvalue weighted by atomic mass is 10.0. The molecule has 0 spiro atoms. The third kappa shape index (κ3) is 2.39. The monoisotopic (exact) mass is 300 g/mol. The van der Waals surface area contributed by atoms with Crippen molar-refractivity contribution in [3.63, 3.8) is 0 Å². The standard InChI is InChI=1S/C16H16N2O4/c1-21-13-7-11-12(8-14(13)22-2)17-15(18-16(11)20)9-4-3-5-10(19)6-9/h3-8,15,17,19H,1-2H3,(H,18,20)/t15-/m1/s1. The Morgan fingerprint density at radius 1 is 1.05 bits per heavy atom. The third-order valence-corrected chi connectivity index (χ3v) is 3.55. The highest BCUT2D eigenvalue weighted by molar-refractivity contribution is 6.02. The lowest BCUT2D eigenvalue weighted by Crippen LogP contribution is -2.38. The van der Waals surface area contributed by atoms with Crippen LogP contribution in [0.1, 0.15) is 22.1 Å². The number of benzene rings is 2. The number of amides is 1. The molecular weight excluding hydrogens is 284 g/mol. The first kappa shape index (κ1) is 14.1. The first-order chi connectivity index (χ1) is 10.6. The molecule has 1 heterocycles. The highest BCUT2D eigenvalue weighted by Crippen LogP contribution is 2.36. The van der Waals surface area contributed by atoms with Gasteiger partial charge < -0.3 is 25.2 Å². The predicted molar refractivity (Wildman–Crippen MR) is 81.5 cm³/mol. The fourth-order valence-electron chi connectivity index (χ4n) is 2.46.